The largest absolute Gasteiger partial charge is 0.492 e. The highest BCUT2D eigenvalue weighted by Crippen LogP contribution is 2.36. The number of amides is 1. The predicted molar refractivity (Wildman–Crippen MR) is 121 cm³/mol. The first kappa shape index (κ1) is 22.4. The molecule has 1 aromatic rings. The zero-order valence-corrected chi connectivity index (χ0v) is 18.4. The molecule has 4 nitrogen and oxygen atoms in total. The van der Waals surface area contributed by atoms with E-state index in [1.807, 2.05) is 0 Å². The Morgan fingerprint density at radius 3 is 2.77 bits per heavy atom. The minimum absolute atomic E-state index is 0.407. The lowest BCUT2D eigenvalue weighted by atomic mass is 9.77. The first-order valence-corrected chi connectivity index (χ1v) is 11.1. The molecule has 0 radical (unpaired) electrons. The van der Waals surface area contributed by atoms with Crippen molar-refractivity contribution in [2.45, 2.75) is 57.9 Å². The molecular formula is C25H30ClNO3. The second-order valence-electron chi connectivity index (χ2n) is 8.83. The molecular weight excluding hydrogens is 398 g/mol. The molecule has 1 amide bonds. The Morgan fingerprint density at radius 1 is 1.40 bits per heavy atom. The number of rotatable bonds is 9. The number of carbonyl (C=O) groups is 2. The maximum absolute atomic E-state index is 12.5. The van der Waals surface area contributed by atoms with Crippen LogP contribution in [0.2, 0.25) is 5.02 Å². The van der Waals surface area contributed by atoms with E-state index >= 15 is 0 Å². The molecule has 3 atom stereocenters. The summed E-state index contributed by atoms with van der Waals surface area (Å²) in [5, 5.41) is 0.407. The molecule has 0 aromatic heterocycles. The van der Waals surface area contributed by atoms with Gasteiger partial charge in [0.25, 0.3) is 0 Å². The zero-order valence-electron chi connectivity index (χ0n) is 17.6. The predicted octanol–water partition coefficient (Wildman–Crippen LogP) is 5.44. The van der Waals surface area contributed by atoms with E-state index < -0.39 is 11.9 Å². The SMILES string of the molecule is C#CC(=O)N(c1ccc(OCC2CC2)c(Cl)c1)C(C=O)CCC1CC(=C)CC(C)C1. The van der Waals surface area contributed by atoms with E-state index in [0.717, 1.165) is 32.0 Å². The molecule has 3 unspecified atom stereocenters. The van der Waals surface area contributed by atoms with Crippen LogP contribution >= 0.6 is 11.6 Å². The average Bonchev–Trinajstić information content (AvgIpc) is 3.53. The number of benzene rings is 1. The highest BCUT2D eigenvalue weighted by molar-refractivity contribution is 6.32. The number of nitrogens with zero attached hydrogens (tertiary/aromatic N) is 1. The van der Waals surface area contributed by atoms with Crippen molar-refractivity contribution in [3.8, 4) is 18.1 Å². The van der Waals surface area contributed by atoms with E-state index in [1.54, 1.807) is 18.2 Å². The van der Waals surface area contributed by atoms with Crippen LogP contribution in [0.4, 0.5) is 5.69 Å². The van der Waals surface area contributed by atoms with E-state index in [2.05, 4.69) is 19.4 Å². The minimum atomic E-state index is -0.631. The van der Waals surface area contributed by atoms with Gasteiger partial charge in [0.05, 0.1) is 17.7 Å². The summed E-state index contributed by atoms with van der Waals surface area (Å²) in [6.45, 7) is 7.03. The van der Waals surface area contributed by atoms with E-state index in [1.165, 1.54) is 23.3 Å². The smallest absolute Gasteiger partial charge is 0.303 e. The van der Waals surface area contributed by atoms with Gasteiger partial charge in [-0.3, -0.25) is 9.69 Å². The number of anilines is 1. The lowest BCUT2D eigenvalue weighted by molar-refractivity contribution is -0.117. The Hall–Kier alpha value is -2.25. The van der Waals surface area contributed by atoms with Crippen molar-refractivity contribution in [3.05, 3.63) is 35.4 Å². The van der Waals surface area contributed by atoms with Crippen LogP contribution in [-0.4, -0.2) is 24.8 Å². The quantitative estimate of drug-likeness (QED) is 0.299. The summed E-state index contributed by atoms with van der Waals surface area (Å²) in [7, 11) is 0. The summed E-state index contributed by atoms with van der Waals surface area (Å²) in [6, 6.07) is 4.50. The molecule has 160 valence electrons. The number of carbonyl (C=O) groups excluding carboxylic acids is 2. The van der Waals surface area contributed by atoms with Gasteiger partial charge in [0.15, 0.2) is 0 Å². The van der Waals surface area contributed by atoms with Crippen molar-refractivity contribution in [2.24, 2.45) is 17.8 Å². The van der Waals surface area contributed by atoms with Crippen molar-refractivity contribution in [1.82, 2.24) is 0 Å². The summed E-state index contributed by atoms with van der Waals surface area (Å²) in [6.07, 6.45) is 13.2. The first-order chi connectivity index (χ1) is 14.4. The van der Waals surface area contributed by atoms with Gasteiger partial charge in [0.1, 0.15) is 12.0 Å². The Labute approximate surface area is 184 Å². The number of allylic oxidation sites excluding steroid dienone is 1. The molecule has 0 N–H and O–H groups in total. The highest BCUT2D eigenvalue weighted by Gasteiger charge is 2.28. The molecule has 2 aliphatic carbocycles. The Bertz CT molecular complexity index is 839. The van der Waals surface area contributed by atoms with Crippen LogP contribution in [0.3, 0.4) is 0 Å². The highest BCUT2D eigenvalue weighted by atomic mass is 35.5. The van der Waals surface area contributed by atoms with Gasteiger partial charge in [-0.05, 0) is 86.8 Å². The molecule has 2 fully saturated rings. The molecule has 0 bridgehead atoms. The van der Waals surface area contributed by atoms with Crippen molar-refractivity contribution >= 4 is 29.5 Å². The number of hydrogen-bond acceptors (Lipinski definition) is 3. The van der Waals surface area contributed by atoms with Crippen molar-refractivity contribution < 1.29 is 14.3 Å². The maximum Gasteiger partial charge on any atom is 0.303 e. The normalized spacial score (nSPS) is 22.1. The molecule has 0 spiro atoms. The van der Waals surface area contributed by atoms with Gasteiger partial charge in [0, 0.05) is 5.69 Å². The van der Waals surface area contributed by atoms with Crippen LogP contribution in [0, 0.1) is 30.1 Å². The van der Waals surface area contributed by atoms with E-state index in [9.17, 15) is 9.59 Å². The molecule has 30 heavy (non-hydrogen) atoms. The van der Waals surface area contributed by atoms with Crippen LogP contribution in [0.15, 0.2) is 30.4 Å². The van der Waals surface area contributed by atoms with Crippen LogP contribution in [0.5, 0.6) is 5.75 Å². The van der Waals surface area contributed by atoms with Gasteiger partial charge in [-0.15, -0.1) is 6.42 Å². The first-order valence-electron chi connectivity index (χ1n) is 10.7. The summed E-state index contributed by atoms with van der Waals surface area (Å²) in [5.41, 5.74) is 1.78. The maximum atomic E-state index is 12.5. The molecule has 0 heterocycles. The third-order valence-corrected chi connectivity index (χ3v) is 6.31. The van der Waals surface area contributed by atoms with E-state index in [-0.39, 0.29) is 0 Å². The fourth-order valence-corrected chi connectivity index (χ4v) is 4.61. The summed E-state index contributed by atoms with van der Waals surface area (Å²) >= 11 is 6.39. The summed E-state index contributed by atoms with van der Waals surface area (Å²) < 4.78 is 5.76. The van der Waals surface area contributed by atoms with Gasteiger partial charge in [-0.1, -0.05) is 30.7 Å². The number of hydrogen-bond donors (Lipinski definition) is 0. The Morgan fingerprint density at radius 2 is 2.17 bits per heavy atom. The van der Waals surface area contributed by atoms with E-state index in [0.29, 0.717) is 47.2 Å². The second-order valence-corrected chi connectivity index (χ2v) is 9.24. The summed E-state index contributed by atoms with van der Waals surface area (Å²) in [4.78, 5) is 25.8. The average molecular weight is 428 g/mol. The topological polar surface area (TPSA) is 46.6 Å². The van der Waals surface area contributed by atoms with Crippen molar-refractivity contribution in [1.29, 1.82) is 0 Å². The van der Waals surface area contributed by atoms with Gasteiger partial charge < -0.3 is 9.53 Å². The third kappa shape index (κ3) is 5.89. The molecule has 0 aliphatic heterocycles. The van der Waals surface area contributed by atoms with Gasteiger partial charge in [0.2, 0.25) is 0 Å². The summed E-state index contributed by atoms with van der Waals surface area (Å²) in [5.74, 6) is 3.89. The molecule has 5 heteroatoms. The van der Waals surface area contributed by atoms with Gasteiger partial charge in [-0.2, -0.15) is 0 Å². The fourth-order valence-electron chi connectivity index (χ4n) is 4.38. The Kier molecular flexibility index (Phi) is 7.61. The monoisotopic (exact) mass is 427 g/mol. The lowest BCUT2D eigenvalue weighted by Crippen LogP contribution is -2.41. The number of halogens is 1. The standard InChI is InChI=1S/C25H30ClNO3/c1-4-25(29)27(21-9-10-24(23(26)14-21)30-16-19-5-6-19)22(15-28)8-7-20-12-17(2)11-18(3)13-20/h1,9-10,14-15,18-20,22H,2,5-8,11-13,16H2,3H3. The molecule has 0 saturated heterocycles. The molecule has 2 saturated carbocycles. The number of aldehydes is 1. The molecule has 1 aromatic carbocycles. The van der Waals surface area contributed by atoms with Gasteiger partial charge in [-0.25, -0.2) is 0 Å². The number of ether oxygens (including phenoxy) is 1. The van der Waals surface area contributed by atoms with Crippen LogP contribution in [0.25, 0.3) is 0 Å². The van der Waals surface area contributed by atoms with Crippen molar-refractivity contribution in [2.75, 3.05) is 11.5 Å². The van der Waals surface area contributed by atoms with Crippen LogP contribution < -0.4 is 9.64 Å². The molecule has 2 aliphatic rings. The Balaban J connectivity index is 1.72. The zero-order chi connectivity index (χ0) is 21.7. The van der Waals surface area contributed by atoms with Crippen LogP contribution in [-0.2, 0) is 9.59 Å². The minimum Gasteiger partial charge on any atom is -0.492 e. The third-order valence-electron chi connectivity index (χ3n) is 6.02. The fraction of sp³-hybridized carbons (Fsp3) is 0.520. The lowest BCUT2D eigenvalue weighted by Gasteiger charge is -2.31. The van der Waals surface area contributed by atoms with Crippen molar-refractivity contribution in [3.63, 3.8) is 0 Å². The molecule has 3 rings (SSSR count). The van der Waals surface area contributed by atoms with Gasteiger partial charge >= 0.3 is 5.91 Å². The van der Waals surface area contributed by atoms with E-state index in [4.69, 9.17) is 22.8 Å². The second kappa shape index (κ2) is 10.2. The number of terminal acetylenes is 1. The van der Waals surface area contributed by atoms with Crippen LogP contribution in [0.1, 0.15) is 51.9 Å².